The summed E-state index contributed by atoms with van der Waals surface area (Å²) in [6, 6.07) is 0.663. The summed E-state index contributed by atoms with van der Waals surface area (Å²) in [5, 5.41) is 3.56. The second kappa shape index (κ2) is 8.10. The molecular formula is C15H32N2. The minimum Gasteiger partial charge on any atom is -0.315 e. The molecule has 0 aromatic rings. The number of likely N-dealkylation sites (N-methyl/N-ethyl adjacent to an activating group) is 1. The molecule has 1 rings (SSSR count). The van der Waals surface area contributed by atoms with E-state index in [0.717, 1.165) is 24.9 Å². The molecule has 0 heterocycles. The van der Waals surface area contributed by atoms with Crippen molar-refractivity contribution in [2.75, 3.05) is 26.7 Å². The molecule has 0 aromatic carbocycles. The molecule has 1 fully saturated rings. The highest BCUT2D eigenvalue weighted by atomic mass is 15.1. The normalized spacial score (nSPS) is 20.1. The van der Waals surface area contributed by atoms with Crippen LogP contribution in [-0.2, 0) is 0 Å². The van der Waals surface area contributed by atoms with Crippen LogP contribution in [0.1, 0.15) is 52.9 Å². The van der Waals surface area contributed by atoms with E-state index in [1.54, 1.807) is 0 Å². The third kappa shape index (κ3) is 6.42. The van der Waals surface area contributed by atoms with Gasteiger partial charge in [-0.15, -0.1) is 0 Å². The van der Waals surface area contributed by atoms with Crippen molar-refractivity contribution in [3.05, 3.63) is 0 Å². The summed E-state index contributed by atoms with van der Waals surface area (Å²) >= 11 is 0. The van der Waals surface area contributed by atoms with Crippen molar-refractivity contribution in [2.24, 2.45) is 11.8 Å². The van der Waals surface area contributed by atoms with Gasteiger partial charge in [0.1, 0.15) is 0 Å². The molecule has 2 nitrogen and oxygen atoms in total. The van der Waals surface area contributed by atoms with Gasteiger partial charge in [-0.3, -0.25) is 0 Å². The van der Waals surface area contributed by atoms with Crippen LogP contribution >= 0.6 is 0 Å². The van der Waals surface area contributed by atoms with Crippen LogP contribution in [0.2, 0.25) is 0 Å². The lowest BCUT2D eigenvalue weighted by atomic mass is 9.89. The van der Waals surface area contributed by atoms with Crippen LogP contribution in [0.15, 0.2) is 0 Å². The fourth-order valence-electron chi connectivity index (χ4n) is 2.69. The van der Waals surface area contributed by atoms with Gasteiger partial charge >= 0.3 is 0 Å². The van der Waals surface area contributed by atoms with Crippen LogP contribution in [0.5, 0.6) is 0 Å². The zero-order valence-electron chi connectivity index (χ0n) is 12.3. The first-order valence-corrected chi connectivity index (χ1v) is 7.50. The van der Waals surface area contributed by atoms with Gasteiger partial charge in [-0.25, -0.2) is 0 Å². The minimum absolute atomic E-state index is 0.663. The van der Waals surface area contributed by atoms with Gasteiger partial charge in [0.25, 0.3) is 0 Å². The number of hydrogen-bond donors (Lipinski definition) is 1. The van der Waals surface area contributed by atoms with Crippen LogP contribution < -0.4 is 5.32 Å². The largest absolute Gasteiger partial charge is 0.315 e. The van der Waals surface area contributed by atoms with E-state index in [-0.39, 0.29) is 0 Å². The molecule has 1 saturated carbocycles. The van der Waals surface area contributed by atoms with Crippen molar-refractivity contribution < 1.29 is 0 Å². The monoisotopic (exact) mass is 240 g/mol. The van der Waals surface area contributed by atoms with Gasteiger partial charge in [-0.2, -0.15) is 0 Å². The van der Waals surface area contributed by atoms with Gasteiger partial charge in [0.05, 0.1) is 0 Å². The lowest BCUT2D eigenvalue weighted by molar-refractivity contribution is 0.187. The predicted molar refractivity (Wildman–Crippen MR) is 76.4 cm³/mol. The molecule has 0 amide bonds. The van der Waals surface area contributed by atoms with E-state index >= 15 is 0 Å². The van der Waals surface area contributed by atoms with Gasteiger partial charge in [-0.1, -0.05) is 33.1 Å². The quantitative estimate of drug-likeness (QED) is 0.735. The first-order valence-electron chi connectivity index (χ1n) is 7.50. The minimum atomic E-state index is 0.663. The molecule has 1 aliphatic rings. The van der Waals surface area contributed by atoms with Gasteiger partial charge in [0, 0.05) is 19.1 Å². The highest BCUT2D eigenvalue weighted by Gasteiger charge is 2.17. The molecule has 0 bridgehead atoms. The topological polar surface area (TPSA) is 15.3 Å². The molecule has 17 heavy (non-hydrogen) atoms. The maximum Gasteiger partial charge on any atom is 0.0189 e. The van der Waals surface area contributed by atoms with Gasteiger partial charge in [-0.05, 0) is 45.2 Å². The Bertz CT molecular complexity index is 185. The summed E-state index contributed by atoms with van der Waals surface area (Å²) in [4.78, 5) is 2.54. The van der Waals surface area contributed by atoms with E-state index in [0.29, 0.717) is 6.04 Å². The van der Waals surface area contributed by atoms with Crippen LogP contribution in [0.3, 0.4) is 0 Å². The van der Waals surface area contributed by atoms with Crippen molar-refractivity contribution >= 4 is 0 Å². The molecule has 1 atom stereocenters. The van der Waals surface area contributed by atoms with E-state index in [9.17, 15) is 0 Å². The molecule has 0 radical (unpaired) electrons. The number of nitrogens with one attached hydrogen (secondary N) is 1. The maximum absolute atomic E-state index is 3.56. The third-order valence-corrected chi connectivity index (χ3v) is 4.02. The second-order valence-electron chi connectivity index (χ2n) is 6.34. The molecule has 0 spiro atoms. The molecule has 1 aliphatic carbocycles. The van der Waals surface area contributed by atoms with Crippen molar-refractivity contribution in [1.29, 1.82) is 0 Å². The molecule has 2 heteroatoms. The zero-order valence-corrected chi connectivity index (χ0v) is 12.3. The summed E-state index contributed by atoms with van der Waals surface area (Å²) in [6.07, 6.45) is 7.29. The Morgan fingerprint density at radius 2 is 1.71 bits per heavy atom. The van der Waals surface area contributed by atoms with Crippen LogP contribution in [0.25, 0.3) is 0 Å². The molecule has 0 aliphatic heterocycles. The van der Waals surface area contributed by atoms with Crippen molar-refractivity contribution in [1.82, 2.24) is 10.2 Å². The van der Waals surface area contributed by atoms with Crippen molar-refractivity contribution in [2.45, 2.75) is 58.9 Å². The highest BCUT2D eigenvalue weighted by Crippen LogP contribution is 2.24. The highest BCUT2D eigenvalue weighted by molar-refractivity contribution is 4.73. The second-order valence-corrected chi connectivity index (χ2v) is 6.34. The molecule has 0 aromatic heterocycles. The standard InChI is InChI=1S/C15H32N2/c1-13(2)10-16-11-14(3)17(4)12-15-8-6-5-7-9-15/h13-16H,5-12H2,1-4H3. The van der Waals surface area contributed by atoms with Crippen LogP contribution in [-0.4, -0.2) is 37.6 Å². The molecule has 1 unspecified atom stereocenters. The summed E-state index contributed by atoms with van der Waals surface area (Å²) in [5.41, 5.74) is 0. The van der Waals surface area contributed by atoms with E-state index in [1.807, 2.05) is 0 Å². The Morgan fingerprint density at radius 3 is 2.29 bits per heavy atom. The van der Waals surface area contributed by atoms with Crippen molar-refractivity contribution in [3.63, 3.8) is 0 Å². The smallest absolute Gasteiger partial charge is 0.0189 e. The lowest BCUT2D eigenvalue weighted by Gasteiger charge is -2.31. The average molecular weight is 240 g/mol. The van der Waals surface area contributed by atoms with E-state index < -0.39 is 0 Å². The zero-order chi connectivity index (χ0) is 12.7. The Hall–Kier alpha value is -0.0800. The number of rotatable bonds is 7. The molecule has 102 valence electrons. The predicted octanol–water partition coefficient (Wildman–Crippen LogP) is 3.13. The van der Waals surface area contributed by atoms with E-state index in [2.05, 4.69) is 38.0 Å². The Morgan fingerprint density at radius 1 is 1.06 bits per heavy atom. The lowest BCUT2D eigenvalue weighted by Crippen LogP contribution is -2.41. The Balaban J connectivity index is 2.14. The molecule has 1 N–H and O–H groups in total. The molecular weight excluding hydrogens is 208 g/mol. The van der Waals surface area contributed by atoms with Crippen LogP contribution in [0, 0.1) is 11.8 Å². The third-order valence-electron chi connectivity index (χ3n) is 4.02. The average Bonchev–Trinajstić information content (AvgIpc) is 2.29. The van der Waals surface area contributed by atoms with Gasteiger partial charge < -0.3 is 10.2 Å². The summed E-state index contributed by atoms with van der Waals surface area (Å²) in [5.74, 6) is 1.71. The fraction of sp³-hybridized carbons (Fsp3) is 1.00. The maximum atomic E-state index is 3.56. The van der Waals surface area contributed by atoms with Gasteiger partial charge in [0.2, 0.25) is 0 Å². The SMILES string of the molecule is CC(C)CNCC(C)N(C)CC1CCCCC1. The number of hydrogen-bond acceptors (Lipinski definition) is 2. The fourth-order valence-corrected chi connectivity index (χ4v) is 2.69. The van der Waals surface area contributed by atoms with Crippen LogP contribution in [0.4, 0.5) is 0 Å². The number of nitrogens with zero attached hydrogens (tertiary/aromatic N) is 1. The van der Waals surface area contributed by atoms with E-state index in [1.165, 1.54) is 38.6 Å². The van der Waals surface area contributed by atoms with E-state index in [4.69, 9.17) is 0 Å². The molecule has 0 saturated heterocycles. The summed E-state index contributed by atoms with van der Waals surface area (Å²) in [7, 11) is 2.29. The first-order chi connectivity index (χ1) is 8.09. The Labute approximate surface area is 108 Å². The first kappa shape index (κ1) is 15.0. The summed E-state index contributed by atoms with van der Waals surface area (Å²) in [6.45, 7) is 10.4. The Kier molecular flexibility index (Phi) is 7.14. The van der Waals surface area contributed by atoms with Gasteiger partial charge in [0.15, 0.2) is 0 Å². The van der Waals surface area contributed by atoms with Crippen molar-refractivity contribution in [3.8, 4) is 0 Å². The summed E-state index contributed by atoms with van der Waals surface area (Å²) < 4.78 is 0.